The van der Waals surface area contributed by atoms with Gasteiger partial charge in [-0.15, -0.1) is 17.0 Å². The van der Waals surface area contributed by atoms with E-state index in [1.807, 2.05) is 20.8 Å². The van der Waals surface area contributed by atoms with Gasteiger partial charge in [-0.1, -0.05) is 11.8 Å². The largest absolute Gasteiger partial charge is 0.272 e. The molecule has 14 heavy (non-hydrogen) atoms. The van der Waals surface area contributed by atoms with Gasteiger partial charge in [0.15, 0.2) is 5.17 Å². The molecule has 0 aromatic heterocycles. The molecule has 82 valence electrons. The Morgan fingerprint density at radius 2 is 2.07 bits per heavy atom. The van der Waals surface area contributed by atoms with Gasteiger partial charge in [-0.3, -0.25) is 20.2 Å². The highest BCUT2D eigenvalue weighted by Gasteiger charge is 2.20. The molecule has 1 saturated heterocycles. The minimum absolute atomic E-state index is 0. The number of thioether (sulfide) groups is 1. The lowest BCUT2D eigenvalue weighted by Crippen LogP contribution is -2.48. The molecule has 0 aromatic carbocycles. The molecule has 1 aliphatic heterocycles. The van der Waals surface area contributed by atoms with Gasteiger partial charge in [0, 0.05) is 7.05 Å². The van der Waals surface area contributed by atoms with Gasteiger partial charge in [-0.2, -0.15) is 0 Å². The number of carbonyl (C=O) groups is 1. The molecule has 1 heterocycles. The molecule has 4 nitrogen and oxygen atoms in total. The van der Waals surface area contributed by atoms with Crippen molar-refractivity contribution >= 4 is 39.8 Å². The van der Waals surface area contributed by atoms with E-state index in [0.717, 1.165) is 5.17 Å². The second-order valence-corrected chi connectivity index (χ2v) is 4.89. The van der Waals surface area contributed by atoms with Crippen molar-refractivity contribution in [3.63, 3.8) is 0 Å². The summed E-state index contributed by atoms with van der Waals surface area (Å²) in [5.41, 5.74) is 2.60. The number of nitrogens with one attached hydrogen (secondary N) is 1. The summed E-state index contributed by atoms with van der Waals surface area (Å²) in [5.74, 6) is 0.486. The van der Waals surface area contributed by atoms with Crippen LogP contribution in [-0.4, -0.2) is 34.4 Å². The minimum Gasteiger partial charge on any atom is -0.272 e. The topological polar surface area (TPSA) is 44.7 Å². The first kappa shape index (κ1) is 13.8. The number of amidine groups is 1. The predicted octanol–water partition coefficient (Wildman–Crippen LogP) is 1.43. The first-order valence-corrected chi connectivity index (χ1v) is 5.13. The Hall–Kier alpha value is -0.230. The zero-order valence-electron chi connectivity index (χ0n) is 8.83. The summed E-state index contributed by atoms with van der Waals surface area (Å²) >= 11 is 1.47. The molecular weight excluding hydrogens is 266 g/mol. The molecule has 0 bridgehead atoms. The minimum atomic E-state index is -0.0986. The number of hydrogen-bond donors (Lipinski definition) is 1. The molecule has 0 atom stereocenters. The second-order valence-electron chi connectivity index (χ2n) is 3.95. The van der Waals surface area contributed by atoms with Crippen molar-refractivity contribution in [2.75, 3.05) is 12.8 Å². The fraction of sp³-hybridized carbons (Fsp3) is 0.750. The van der Waals surface area contributed by atoms with E-state index in [4.69, 9.17) is 0 Å². The zero-order chi connectivity index (χ0) is 10.1. The third-order valence-corrected chi connectivity index (χ3v) is 2.37. The van der Waals surface area contributed by atoms with Gasteiger partial charge in [-0.05, 0) is 20.8 Å². The van der Waals surface area contributed by atoms with E-state index in [1.165, 1.54) is 11.8 Å². The van der Waals surface area contributed by atoms with Gasteiger partial charge in [-0.25, -0.2) is 0 Å². The Bertz CT molecular complexity index is 249. The fourth-order valence-electron chi connectivity index (χ4n) is 0.888. The van der Waals surface area contributed by atoms with Crippen molar-refractivity contribution in [2.24, 2.45) is 4.99 Å². The van der Waals surface area contributed by atoms with Crippen LogP contribution >= 0.6 is 28.7 Å². The molecule has 0 unspecified atom stereocenters. The summed E-state index contributed by atoms with van der Waals surface area (Å²) in [6.07, 6.45) is 0. The lowest BCUT2D eigenvalue weighted by Gasteiger charge is -2.28. The number of nitrogens with zero attached hydrogens (tertiary/aromatic N) is 2. The average Bonchev–Trinajstić information content (AvgIpc) is 1.93. The standard InChI is InChI=1S/C8H15N3OS.BrH/c1-8(2,3)9-7-11(4)10-6(12)5-13-7;/h5H2,1-4H3,(H,10,12);1H. The Morgan fingerprint density at radius 3 is 2.50 bits per heavy atom. The fourth-order valence-corrected chi connectivity index (χ4v) is 1.79. The number of hydrogen-bond acceptors (Lipinski definition) is 3. The molecule has 1 amide bonds. The van der Waals surface area contributed by atoms with Gasteiger partial charge in [0.1, 0.15) is 0 Å². The number of aliphatic imine (C=N–C) groups is 1. The molecule has 0 radical (unpaired) electrons. The van der Waals surface area contributed by atoms with Gasteiger partial charge in [0.05, 0.1) is 11.3 Å². The van der Waals surface area contributed by atoms with Crippen molar-refractivity contribution in [1.82, 2.24) is 10.4 Å². The Morgan fingerprint density at radius 1 is 1.50 bits per heavy atom. The van der Waals surface area contributed by atoms with Crippen LogP contribution in [0.3, 0.4) is 0 Å². The van der Waals surface area contributed by atoms with E-state index in [9.17, 15) is 4.79 Å². The Balaban J connectivity index is 0.00000169. The lowest BCUT2D eigenvalue weighted by molar-refractivity contribution is -0.121. The van der Waals surface area contributed by atoms with Crippen molar-refractivity contribution in [3.05, 3.63) is 0 Å². The summed E-state index contributed by atoms with van der Waals surface area (Å²) in [5, 5.41) is 2.54. The van der Waals surface area contributed by atoms with Gasteiger partial charge in [0.25, 0.3) is 0 Å². The second kappa shape index (κ2) is 5.02. The van der Waals surface area contributed by atoms with Crippen LogP contribution in [0.1, 0.15) is 20.8 Å². The van der Waals surface area contributed by atoms with Crippen LogP contribution < -0.4 is 5.43 Å². The number of carbonyl (C=O) groups excluding carboxylic acids is 1. The number of amides is 1. The van der Waals surface area contributed by atoms with Crippen LogP contribution in [0, 0.1) is 0 Å². The molecule has 0 saturated carbocycles. The SMILES string of the molecule is Br.CN1NC(=O)CSC1=NC(C)(C)C. The van der Waals surface area contributed by atoms with Crippen molar-refractivity contribution < 1.29 is 4.79 Å². The van der Waals surface area contributed by atoms with E-state index in [0.29, 0.717) is 5.75 Å². The lowest BCUT2D eigenvalue weighted by atomic mass is 10.1. The van der Waals surface area contributed by atoms with Gasteiger partial charge in [0.2, 0.25) is 5.91 Å². The summed E-state index contributed by atoms with van der Waals surface area (Å²) in [4.78, 5) is 15.4. The molecule has 1 rings (SSSR count). The maximum atomic E-state index is 11.0. The highest BCUT2D eigenvalue weighted by Crippen LogP contribution is 2.16. The maximum absolute atomic E-state index is 11.0. The van der Waals surface area contributed by atoms with E-state index in [2.05, 4.69) is 10.4 Å². The monoisotopic (exact) mass is 281 g/mol. The molecule has 0 aromatic rings. The maximum Gasteiger partial charge on any atom is 0.249 e. The number of hydrazine groups is 1. The van der Waals surface area contributed by atoms with Crippen molar-refractivity contribution in [2.45, 2.75) is 26.3 Å². The molecular formula is C8H16BrN3OS. The third-order valence-electron chi connectivity index (χ3n) is 1.34. The third kappa shape index (κ3) is 4.32. The highest BCUT2D eigenvalue weighted by molar-refractivity contribution is 8.93. The average molecular weight is 282 g/mol. The molecule has 0 aliphatic carbocycles. The van der Waals surface area contributed by atoms with E-state index < -0.39 is 0 Å². The Kier molecular flexibility index (Phi) is 4.94. The van der Waals surface area contributed by atoms with Crippen molar-refractivity contribution in [3.8, 4) is 0 Å². The first-order valence-electron chi connectivity index (χ1n) is 4.14. The predicted molar refractivity (Wildman–Crippen MR) is 65.9 cm³/mol. The van der Waals surface area contributed by atoms with Gasteiger partial charge < -0.3 is 0 Å². The molecule has 1 aliphatic rings. The van der Waals surface area contributed by atoms with Crippen molar-refractivity contribution in [1.29, 1.82) is 0 Å². The van der Waals surface area contributed by atoms with Crippen LogP contribution in [0.15, 0.2) is 4.99 Å². The Labute approximate surface area is 99.3 Å². The quantitative estimate of drug-likeness (QED) is 0.731. The van der Waals surface area contributed by atoms with Crippen LogP contribution in [0.5, 0.6) is 0 Å². The first-order chi connectivity index (χ1) is 5.88. The summed E-state index contributed by atoms with van der Waals surface area (Å²) in [6, 6.07) is 0. The molecule has 6 heteroatoms. The smallest absolute Gasteiger partial charge is 0.249 e. The number of rotatable bonds is 0. The zero-order valence-corrected chi connectivity index (χ0v) is 11.4. The van der Waals surface area contributed by atoms with E-state index in [-0.39, 0.29) is 28.4 Å². The summed E-state index contributed by atoms with van der Waals surface area (Å²) in [6.45, 7) is 6.10. The van der Waals surface area contributed by atoms with E-state index >= 15 is 0 Å². The number of halogens is 1. The van der Waals surface area contributed by atoms with Crippen LogP contribution in [-0.2, 0) is 4.79 Å². The molecule has 0 spiro atoms. The van der Waals surface area contributed by atoms with Gasteiger partial charge >= 0.3 is 0 Å². The van der Waals surface area contributed by atoms with Crippen LogP contribution in [0.2, 0.25) is 0 Å². The highest BCUT2D eigenvalue weighted by atomic mass is 79.9. The molecule has 1 fully saturated rings. The summed E-state index contributed by atoms with van der Waals surface area (Å²) < 4.78 is 0. The van der Waals surface area contributed by atoms with Crippen LogP contribution in [0.4, 0.5) is 0 Å². The molecule has 1 N–H and O–H groups in total. The van der Waals surface area contributed by atoms with Crippen LogP contribution in [0.25, 0.3) is 0 Å². The summed E-state index contributed by atoms with van der Waals surface area (Å²) in [7, 11) is 1.80. The normalized spacial score (nSPS) is 20.4. The van der Waals surface area contributed by atoms with E-state index in [1.54, 1.807) is 12.1 Å².